The Hall–Kier alpha value is -2.80. The van der Waals surface area contributed by atoms with E-state index in [-0.39, 0.29) is 38.0 Å². The van der Waals surface area contributed by atoms with Crippen LogP contribution in [0, 0.1) is 11.8 Å². The quantitative estimate of drug-likeness (QED) is 0.146. The number of aldehydes is 1. The first-order valence-corrected chi connectivity index (χ1v) is 21.0. The van der Waals surface area contributed by atoms with Gasteiger partial charge in [-0.15, -0.1) is 0 Å². The SMILES string of the molecule is CCCC(=O)O[C@H]1[C@H](C)O[C@@H](O[C@H]2[C@H](N(C)C)[C@@H](O)[C@H](O[C@H]3[C@@H](CC=O)C[C@@H](C)[C@@H](O)/C=C/C=C/C[C@@H](C)OC(=O)C[C@@H](OC)[C@@H]3OC)O[C@@H]2C)C[C@@]1(C)OC(=O)CC. The largest absolute Gasteiger partial charge is 0.462 e. The number of cyclic esters (lactones) is 1. The first-order valence-electron chi connectivity index (χ1n) is 21.0. The molecule has 59 heavy (non-hydrogen) atoms. The fourth-order valence-corrected chi connectivity index (χ4v) is 8.27. The molecule has 2 N–H and O–H groups in total. The maximum Gasteiger partial charge on any atom is 0.308 e. The average molecular weight is 842 g/mol. The van der Waals surface area contributed by atoms with Crippen molar-refractivity contribution in [1.29, 1.82) is 0 Å². The van der Waals surface area contributed by atoms with Crippen LogP contribution in [0.2, 0.25) is 0 Å². The molecule has 16 atom stereocenters. The first kappa shape index (κ1) is 50.6. The predicted octanol–water partition coefficient (Wildman–Crippen LogP) is 3.81. The number of rotatable bonds is 14. The third kappa shape index (κ3) is 14.1. The number of likely N-dealkylation sites (N-methyl/N-ethyl adjacent to an activating group) is 1. The van der Waals surface area contributed by atoms with Gasteiger partial charge in [-0.05, 0) is 66.5 Å². The second-order valence-electron chi connectivity index (χ2n) is 16.5. The van der Waals surface area contributed by atoms with Gasteiger partial charge in [-0.1, -0.05) is 45.1 Å². The van der Waals surface area contributed by atoms with Crippen LogP contribution in [0.5, 0.6) is 0 Å². The normalized spacial score (nSPS) is 40.1. The summed E-state index contributed by atoms with van der Waals surface area (Å²) in [6.07, 6.45) is -1.68. The first-order chi connectivity index (χ1) is 27.9. The van der Waals surface area contributed by atoms with Gasteiger partial charge in [-0.3, -0.25) is 14.4 Å². The van der Waals surface area contributed by atoms with Gasteiger partial charge in [0.05, 0.1) is 43.0 Å². The molecule has 338 valence electrons. The lowest BCUT2D eigenvalue weighted by molar-refractivity contribution is -0.344. The summed E-state index contributed by atoms with van der Waals surface area (Å²) in [4.78, 5) is 52.5. The minimum Gasteiger partial charge on any atom is -0.462 e. The van der Waals surface area contributed by atoms with Crippen LogP contribution in [0.15, 0.2) is 24.3 Å². The van der Waals surface area contributed by atoms with Crippen molar-refractivity contribution in [3.05, 3.63) is 24.3 Å². The summed E-state index contributed by atoms with van der Waals surface area (Å²) < 4.78 is 55.3. The molecule has 0 spiro atoms. The third-order valence-electron chi connectivity index (χ3n) is 11.4. The van der Waals surface area contributed by atoms with E-state index < -0.39 is 109 Å². The van der Waals surface area contributed by atoms with Gasteiger partial charge >= 0.3 is 17.9 Å². The monoisotopic (exact) mass is 841 g/mol. The topological polar surface area (TPSA) is 195 Å². The molecule has 0 unspecified atom stereocenters. The lowest BCUT2D eigenvalue weighted by Crippen LogP contribution is -2.66. The number of aliphatic hydroxyl groups excluding tert-OH is 2. The maximum absolute atomic E-state index is 13.2. The van der Waals surface area contributed by atoms with Crippen molar-refractivity contribution in [1.82, 2.24) is 4.90 Å². The highest BCUT2D eigenvalue weighted by atomic mass is 16.7. The Balaban J connectivity index is 1.98. The number of carbonyl (C=O) groups excluding carboxylic acids is 4. The Morgan fingerprint density at radius 3 is 2.29 bits per heavy atom. The van der Waals surface area contributed by atoms with E-state index >= 15 is 0 Å². The van der Waals surface area contributed by atoms with Gasteiger partial charge in [0.2, 0.25) is 0 Å². The molecule has 3 aliphatic rings. The zero-order valence-electron chi connectivity index (χ0n) is 36.9. The van der Waals surface area contributed by atoms with Crippen molar-refractivity contribution in [3.63, 3.8) is 0 Å². The summed E-state index contributed by atoms with van der Waals surface area (Å²) in [5.41, 5.74) is -1.29. The molecular weight excluding hydrogens is 770 g/mol. The van der Waals surface area contributed by atoms with Crippen molar-refractivity contribution in [2.45, 2.75) is 185 Å². The standard InChI is InChI=1S/C43H71NO15/c1-12-17-33(48)56-41-28(6)54-35(24-43(41,7)59-32(47)13-2)57-38-27(5)55-42(37(50)36(38)44(8)9)58-39-29(20-21-45)22-25(3)30(46)19-16-14-15-18-26(4)53-34(49)23-31(51-10)40(39)52-11/h14-16,19,21,25-31,35-42,46,50H,12-13,17-18,20,22-24H2,1-11H3/b15-14+,19-16+/t25-,26-,27-,28+,29+,30+,31-,35+,36-,37-,38-,39+,40+,41+,42+,43-/m1/s1. The molecule has 0 aromatic rings. The average Bonchev–Trinajstić information content (AvgIpc) is 3.16. The van der Waals surface area contributed by atoms with E-state index in [1.54, 1.807) is 71.8 Å². The van der Waals surface area contributed by atoms with Crippen molar-refractivity contribution in [2.75, 3.05) is 28.3 Å². The van der Waals surface area contributed by atoms with Gasteiger partial charge in [0.1, 0.15) is 30.7 Å². The molecule has 0 radical (unpaired) electrons. The number of carbonyl (C=O) groups is 4. The summed E-state index contributed by atoms with van der Waals surface area (Å²) in [6.45, 7) is 12.4. The summed E-state index contributed by atoms with van der Waals surface area (Å²) in [5.74, 6) is -2.36. The summed E-state index contributed by atoms with van der Waals surface area (Å²) in [6, 6.07) is -0.752. The van der Waals surface area contributed by atoms with Crippen LogP contribution in [-0.2, 0) is 61.8 Å². The van der Waals surface area contributed by atoms with Crippen molar-refractivity contribution < 1.29 is 72.0 Å². The number of methoxy groups -OCH3 is 2. The van der Waals surface area contributed by atoms with Crippen molar-refractivity contribution >= 4 is 24.2 Å². The molecule has 3 rings (SSSR count). The molecule has 0 amide bonds. The molecule has 0 aromatic heterocycles. The van der Waals surface area contributed by atoms with E-state index in [1.165, 1.54) is 14.2 Å². The lowest BCUT2D eigenvalue weighted by Gasteiger charge is -2.51. The van der Waals surface area contributed by atoms with Gasteiger partial charge in [0.15, 0.2) is 24.3 Å². The molecule has 3 aliphatic heterocycles. The van der Waals surface area contributed by atoms with Crippen LogP contribution < -0.4 is 0 Å². The second-order valence-corrected chi connectivity index (χ2v) is 16.5. The van der Waals surface area contributed by atoms with Gasteiger partial charge in [0.25, 0.3) is 0 Å². The van der Waals surface area contributed by atoms with E-state index in [9.17, 15) is 29.4 Å². The predicted molar refractivity (Wildman–Crippen MR) is 215 cm³/mol. The fraction of sp³-hybridized carbons (Fsp3) is 0.814. The number of nitrogens with zero attached hydrogens (tertiary/aromatic N) is 1. The van der Waals surface area contributed by atoms with Gasteiger partial charge < -0.3 is 62.5 Å². The molecular formula is C43H71NO15. The number of ether oxygens (including phenoxy) is 9. The number of esters is 3. The van der Waals surface area contributed by atoms with Crippen LogP contribution in [0.4, 0.5) is 0 Å². The highest BCUT2D eigenvalue weighted by Crippen LogP contribution is 2.39. The van der Waals surface area contributed by atoms with Crippen LogP contribution in [0.1, 0.15) is 99.8 Å². The van der Waals surface area contributed by atoms with E-state index in [2.05, 4.69) is 0 Å². The Kier molecular flexibility index (Phi) is 20.6. The fourth-order valence-electron chi connectivity index (χ4n) is 8.27. The molecule has 2 fully saturated rings. The highest BCUT2D eigenvalue weighted by Gasteiger charge is 2.54. The molecule has 2 saturated heterocycles. The summed E-state index contributed by atoms with van der Waals surface area (Å²) in [5, 5.41) is 23.2. The van der Waals surface area contributed by atoms with Crippen LogP contribution in [-0.4, -0.2) is 153 Å². The minimum absolute atomic E-state index is 0.00232. The zero-order chi connectivity index (χ0) is 44.0. The Morgan fingerprint density at radius 1 is 0.966 bits per heavy atom. The van der Waals surface area contributed by atoms with Crippen LogP contribution >= 0.6 is 0 Å². The Bertz CT molecular complexity index is 1390. The molecule has 0 aliphatic carbocycles. The van der Waals surface area contributed by atoms with E-state index in [0.29, 0.717) is 19.3 Å². The van der Waals surface area contributed by atoms with Crippen LogP contribution in [0.3, 0.4) is 0 Å². The lowest BCUT2D eigenvalue weighted by atomic mass is 9.82. The van der Waals surface area contributed by atoms with Crippen LogP contribution in [0.25, 0.3) is 0 Å². The molecule has 0 bridgehead atoms. The smallest absolute Gasteiger partial charge is 0.308 e. The number of aliphatic hydroxyl groups is 2. The molecule has 3 heterocycles. The number of allylic oxidation sites excluding steroid dienone is 2. The third-order valence-corrected chi connectivity index (χ3v) is 11.4. The highest BCUT2D eigenvalue weighted by molar-refractivity contribution is 5.71. The molecule has 0 saturated carbocycles. The Labute approximate surface area is 350 Å². The zero-order valence-corrected chi connectivity index (χ0v) is 36.9. The van der Waals surface area contributed by atoms with E-state index in [0.717, 1.165) is 6.29 Å². The molecule has 0 aromatic carbocycles. The van der Waals surface area contributed by atoms with E-state index in [4.69, 9.17) is 42.6 Å². The number of hydrogen-bond acceptors (Lipinski definition) is 16. The number of hydrogen-bond donors (Lipinski definition) is 2. The minimum atomic E-state index is -1.35. The summed E-state index contributed by atoms with van der Waals surface area (Å²) in [7, 11) is 6.44. The summed E-state index contributed by atoms with van der Waals surface area (Å²) >= 11 is 0. The van der Waals surface area contributed by atoms with Gasteiger partial charge in [0, 0.05) is 46.3 Å². The second kappa shape index (κ2) is 24.0. The molecule has 16 heteroatoms. The maximum atomic E-state index is 13.2. The van der Waals surface area contributed by atoms with Gasteiger partial charge in [-0.25, -0.2) is 0 Å². The Morgan fingerprint density at radius 2 is 1.68 bits per heavy atom. The van der Waals surface area contributed by atoms with Crippen molar-refractivity contribution in [3.8, 4) is 0 Å². The van der Waals surface area contributed by atoms with E-state index in [1.807, 2.05) is 19.9 Å². The molecule has 16 nitrogen and oxygen atoms in total. The van der Waals surface area contributed by atoms with Crippen molar-refractivity contribution in [2.24, 2.45) is 11.8 Å². The van der Waals surface area contributed by atoms with Gasteiger partial charge in [-0.2, -0.15) is 0 Å².